The molecule has 2 aromatic carbocycles. The van der Waals surface area contributed by atoms with E-state index in [1.165, 1.54) is 0 Å². The van der Waals surface area contributed by atoms with Gasteiger partial charge in [-0.15, -0.1) is 0 Å². The van der Waals surface area contributed by atoms with E-state index in [1.807, 2.05) is 6.07 Å². The molecule has 2 rings (SSSR count). The summed E-state index contributed by atoms with van der Waals surface area (Å²) in [4.78, 5) is 24.0. The maximum absolute atomic E-state index is 12.5. The first-order chi connectivity index (χ1) is 11.7. The van der Waals surface area contributed by atoms with E-state index in [2.05, 4.69) is 17.6 Å². The highest BCUT2D eigenvalue weighted by molar-refractivity contribution is 6.06. The fourth-order valence-electron chi connectivity index (χ4n) is 2.15. The van der Waals surface area contributed by atoms with Crippen molar-refractivity contribution in [2.24, 2.45) is 0 Å². The molecule has 24 heavy (non-hydrogen) atoms. The molecule has 0 saturated heterocycles. The zero-order chi connectivity index (χ0) is 17.4. The number of rotatable bonds is 7. The summed E-state index contributed by atoms with van der Waals surface area (Å²) in [5.41, 5.74) is 1.65. The van der Waals surface area contributed by atoms with Crippen LogP contribution in [0.25, 0.3) is 0 Å². The second-order valence-corrected chi connectivity index (χ2v) is 5.31. The summed E-state index contributed by atoms with van der Waals surface area (Å²) in [6.07, 6.45) is 1.98. The summed E-state index contributed by atoms with van der Waals surface area (Å²) in [6.45, 7) is 2.67. The largest absolute Gasteiger partial charge is 0.493 e. The Hall–Kier alpha value is -2.82. The van der Waals surface area contributed by atoms with Gasteiger partial charge in [0.05, 0.1) is 12.2 Å². The highest BCUT2D eigenvalue weighted by atomic mass is 16.5. The molecule has 0 fully saturated rings. The van der Waals surface area contributed by atoms with Gasteiger partial charge in [-0.25, -0.2) is 0 Å². The molecule has 0 aliphatic heterocycles. The molecule has 2 N–H and O–H groups in total. The predicted octanol–water partition coefficient (Wildman–Crippen LogP) is 3.48. The van der Waals surface area contributed by atoms with Crippen molar-refractivity contribution in [3.63, 3.8) is 0 Å². The number of ether oxygens (including phenoxy) is 1. The van der Waals surface area contributed by atoms with Gasteiger partial charge in [0.2, 0.25) is 0 Å². The molecule has 0 unspecified atom stereocenters. The third-order valence-corrected chi connectivity index (χ3v) is 3.52. The first kappa shape index (κ1) is 17.5. The summed E-state index contributed by atoms with van der Waals surface area (Å²) in [5.74, 6) is 0.169. The Morgan fingerprint density at radius 1 is 1.00 bits per heavy atom. The van der Waals surface area contributed by atoms with E-state index in [0.717, 1.165) is 12.8 Å². The molecule has 0 spiro atoms. The maximum Gasteiger partial charge on any atom is 0.259 e. The molecule has 5 nitrogen and oxygen atoms in total. The van der Waals surface area contributed by atoms with Gasteiger partial charge in [-0.05, 0) is 42.8 Å². The van der Waals surface area contributed by atoms with Crippen LogP contribution >= 0.6 is 0 Å². The molecule has 0 saturated carbocycles. The van der Waals surface area contributed by atoms with Gasteiger partial charge >= 0.3 is 0 Å². The Kier molecular flexibility index (Phi) is 6.37. The highest BCUT2D eigenvalue weighted by Crippen LogP contribution is 2.20. The van der Waals surface area contributed by atoms with Gasteiger partial charge in [0.25, 0.3) is 11.8 Å². The minimum atomic E-state index is -0.241. The Morgan fingerprint density at radius 3 is 2.38 bits per heavy atom. The monoisotopic (exact) mass is 326 g/mol. The van der Waals surface area contributed by atoms with Crippen molar-refractivity contribution >= 4 is 17.5 Å². The fraction of sp³-hybridized carbons (Fsp3) is 0.263. The van der Waals surface area contributed by atoms with E-state index >= 15 is 0 Å². The summed E-state index contributed by atoms with van der Waals surface area (Å²) < 4.78 is 5.69. The van der Waals surface area contributed by atoms with Gasteiger partial charge in [-0.3, -0.25) is 9.59 Å². The SMILES string of the molecule is CCCCOc1ccccc1C(=O)Nc1ccc(C(=O)NC)cc1. The van der Waals surface area contributed by atoms with Crippen LogP contribution in [-0.2, 0) is 0 Å². The number of anilines is 1. The van der Waals surface area contributed by atoms with Crippen molar-refractivity contribution in [3.8, 4) is 5.75 Å². The summed E-state index contributed by atoms with van der Waals surface area (Å²) >= 11 is 0. The number of unbranched alkanes of at least 4 members (excludes halogenated alkanes) is 1. The molecule has 0 bridgehead atoms. The lowest BCUT2D eigenvalue weighted by atomic mass is 10.1. The van der Waals surface area contributed by atoms with Gasteiger partial charge in [0.15, 0.2) is 0 Å². The van der Waals surface area contributed by atoms with Crippen LogP contribution in [-0.4, -0.2) is 25.5 Å². The van der Waals surface area contributed by atoms with Crippen molar-refractivity contribution < 1.29 is 14.3 Å². The van der Waals surface area contributed by atoms with Crippen molar-refractivity contribution in [2.45, 2.75) is 19.8 Å². The third kappa shape index (κ3) is 4.59. The normalized spacial score (nSPS) is 10.1. The zero-order valence-corrected chi connectivity index (χ0v) is 14.0. The maximum atomic E-state index is 12.5. The van der Waals surface area contributed by atoms with E-state index in [9.17, 15) is 9.59 Å². The molecule has 0 atom stereocenters. The molecule has 2 amide bonds. The average Bonchev–Trinajstić information content (AvgIpc) is 2.62. The van der Waals surface area contributed by atoms with Gasteiger partial charge in [-0.2, -0.15) is 0 Å². The molecule has 0 aliphatic carbocycles. The number of carbonyl (C=O) groups excluding carboxylic acids is 2. The van der Waals surface area contributed by atoms with Crippen LogP contribution in [0.2, 0.25) is 0 Å². The average molecular weight is 326 g/mol. The summed E-state index contributed by atoms with van der Waals surface area (Å²) in [7, 11) is 1.58. The van der Waals surface area contributed by atoms with Crippen LogP contribution in [0.3, 0.4) is 0 Å². The number of carbonyl (C=O) groups is 2. The number of para-hydroxylation sites is 1. The number of benzene rings is 2. The van der Waals surface area contributed by atoms with E-state index < -0.39 is 0 Å². The van der Waals surface area contributed by atoms with Crippen LogP contribution in [0.4, 0.5) is 5.69 Å². The van der Waals surface area contributed by atoms with E-state index in [1.54, 1.807) is 49.5 Å². The van der Waals surface area contributed by atoms with Crippen LogP contribution in [0.15, 0.2) is 48.5 Å². The Balaban J connectivity index is 2.08. The van der Waals surface area contributed by atoms with E-state index in [4.69, 9.17) is 4.74 Å². The van der Waals surface area contributed by atoms with Crippen LogP contribution in [0.5, 0.6) is 5.75 Å². The molecule has 0 heterocycles. The van der Waals surface area contributed by atoms with Gasteiger partial charge in [0, 0.05) is 18.3 Å². The lowest BCUT2D eigenvalue weighted by Gasteiger charge is -2.11. The van der Waals surface area contributed by atoms with Crippen LogP contribution in [0, 0.1) is 0 Å². The summed E-state index contributed by atoms with van der Waals surface area (Å²) in [6, 6.07) is 13.9. The van der Waals surface area contributed by atoms with Gasteiger partial charge in [0.1, 0.15) is 5.75 Å². The fourth-order valence-corrected chi connectivity index (χ4v) is 2.15. The smallest absolute Gasteiger partial charge is 0.259 e. The van der Waals surface area contributed by atoms with Crippen LogP contribution < -0.4 is 15.4 Å². The van der Waals surface area contributed by atoms with Crippen molar-refractivity contribution in [2.75, 3.05) is 19.0 Å². The first-order valence-electron chi connectivity index (χ1n) is 8.01. The minimum Gasteiger partial charge on any atom is -0.493 e. The minimum absolute atomic E-state index is 0.164. The molecule has 126 valence electrons. The Bertz CT molecular complexity index is 696. The number of hydrogen-bond donors (Lipinski definition) is 2. The molecule has 0 aliphatic rings. The Morgan fingerprint density at radius 2 is 1.71 bits per heavy atom. The zero-order valence-electron chi connectivity index (χ0n) is 14.0. The summed E-state index contributed by atoms with van der Waals surface area (Å²) in [5, 5.41) is 5.38. The van der Waals surface area contributed by atoms with Crippen molar-refractivity contribution in [1.82, 2.24) is 5.32 Å². The lowest BCUT2D eigenvalue weighted by molar-refractivity contribution is 0.0962. The second-order valence-electron chi connectivity index (χ2n) is 5.31. The lowest BCUT2D eigenvalue weighted by Crippen LogP contribution is -2.18. The predicted molar refractivity (Wildman–Crippen MR) is 94.6 cm³/mol. The molecule has 0 aromatic heterocycles. The second kappa shape index (κ2) is 8.72. The van der Waals surface area contributed by atoms with Crippen molar-refractivity contribution in [1.29, 1.82) is 0 Å². The van der Waals surface area contributed by atoms with E-state index in [-0.39, 0.29) is 11.8 Å². The highest BCUT2D eigenvalue weighted by Gasteiger charge is 2.12. The van der Waals surface area contributed by atoms with E-state index in [0.29, 0.717) is 29.2 Å². The van der Waals surface area contributed by atoms with Gasteiger partial charge < -0.3 is 15.4 Å². The molecule has 2 aromatic rings. The van der Waals surface area contributed by atoms with Gasteiger partial charge in [-0.1, -0.05) is 25.5 Å². The number of hydrogen-bond acceptors (Lipinski definition) is 3. The molecular weight excluding hydrogens is 304 g/mol. The Labute approximate surface area is 142 Å². The molecular formula is C19H22N2O3. The standard InChI is InChI=1S/C19H22N2O3/c1-3-4-13-24-17-8-6-5-7-16(17)19(23)21-15-11-9-14(10-12-15)18(22)20-2/h5-12H,3-4,13H2,1-2H3,(H,20,22)(H,21,23). The third-order valence-electron chi connectivity index (χ3n) is 3.52. The van der Waals surface area contributed by atoms with Crippen molar-refractivity contribution in [3.05, 3.63) is 59.7 Å². The molecule has 0 radical (unpaired) electrons. The number of nitrogens with one attached hydrogen (secondary N) is 2. The molecule has 5 heteroatoms. The number of amides is 2. The van der Waals surface area contributed by atoms with Crippen LogP contribution in [0.1, 0.15) is 40.5 Å². The first-order valence-corrected chi connectivity index (χ1v) is 8.01. The topological polar surface area (TPSA) is 67.4 Å². The quantitative estimate of drug-likeness (QED) is 0.766.